The largest absolute Gasteiger partial charge is 0.493 e. The second-order valence-electron chi connectivity index (χ2n) is 5.55. The third-order valence-corrected chi connectivity index (χ3v) is 3.55. The predicted molar refractivity (Wildman–Crippen MR) is 102 cm³/mol. The molecule has 0 saturated heterocycles. The van der Waals surface area contributed by atoms with Gasteiger partial charge in [-0.3, -0.25) is 9.59 Å². The second kappa shape index (κ2) is 9.31. The van der Waals surface area contributed by atoms with Gasteiger partial charge >= 0.3 is 0 Å². The molecule has 2 rings (SSSR count). The van der Waals surface area contributed by atoms with Gasteiger partial charge in [-0.2, -0.15) is 0 Å². The van der Waals surface area contributed by atoms with Gasteiger partial charge in [0.1, 0.15) is 0 Å². The van der Waals surface area contributed by atoms with E-state index in [1.807, 2.05) is 12.1 Å². The minimum absolute atomic E-state index is 0.106. The molecule has 3 N–H and O–H groups in total. The first-order chi connectivity index (χ1) is 12.5. The number of hydrogen-bond acceptors (Lipinski definition) is 5. The number of rotatable bonds is 8. The molecular weight excluding hydrogens is 334 g/mol. The van der Waals surface area contributed by atoms with Crippen LogP contribution >= 0.6 is 0 Å². The van der Waals surface area contributed by atoms with Crippen LogP contribution in [-0.4, -0.2) is 32.6 Å². The smallest absolute Gasteiger partial charge is 0.226 e. The lowest BCUT2D eigenvalue weighted by Crippen LogP contribution is -2.16. The fraction of sp³-hybridized carbons (Fsp3) is 0.263. The van der Waals surface area contributed by atoms with Crippen LogP contribution in [0.2, 0.25) is 0 Å². The number of ether oxygens (including phenoxy) is 2. The van der Waals surface area contributed by atoms with Crippen molar-refractivity contribution in [1.29, 1.82) is 0 Å². The molecule has 0 fully saturated rings. The molecule has 0 aliphatic rings. The van der Waals surface area contributed by atoms with Crippen LogP contribution < -0.4 is 25.4 Å². The molecule has 0 bridgehead atoms. The molecule has 2 amide bonds. The Morgan fingerprint density at radius 2 is 1.42 bits per heavy atom. The predicted octanol–water partition coefficient (Wildman–Crippen LogP) is 3.10. The van der Waals surface area contributed by atoms with Gasteiger partial charge in [0.15, 0.2) is 11.5 Å². The van der Waals surface area contributed by atoms with Crippen molar-refractivity contribution >= 4 is 28.9 Å². The third kappa shape index (κ3) is 5.70. The standard InChI is InChI=1S/C19H23N3O4/c1-13(23)21-14-4-6-15(7-5-14)22-19(24)10-11-20-16-8-9-17(25-2)18(12-16)26-3/h4-9,12,20H,10-11H2,1-3H3,(H,21,23)(H,22,24). The molecule has 0 aliphatic carbocycles. The molecule has 0 saturated carbocycles. The summed E-state index contributed by atoms with van der Waals surface area (Å²) in [7, 11) is 3.16. The van der Waals surface area contributed by atoms with Gasteiger partial charge in [-0.25, -0.2) is 0 Å². The third-order valence-electron chi connectivity index (χ3n) is 3.55. The van der Waals surface area contributed by atoms with E-state index in [0.717, 1.165) is 5.69 Å². The Kier molecular flexibility index (Phi) is 6.84. The number of anilines is 3. The molecule has 2 aromatic carbocycles. The summed E-state index contributed by atoms with van der Waals surface area (Å²) in [5.41, 5.74) is 2.20. The lowest BCUT2D eigenvalue weighted by Gasteiger charge is -2.11. The number of methoxy groups -OCH3 is 2. The number of nitrogens with one attached hydrogen (secondary N) is 3. The van der Waals surface area contributed by atoms with Crippen molar-refractivity contribution in [2.24, 2.45) is 0 Å². The van der Waals surface area contributed by atoms with Crippen LogP contribution in [0.15, 0.2) is 42.5 Å². The lowest BCUT2D eigenvalue weighted by molar-refractivity contribution is -0.116. The van der Waals surface area contributed by atoms with Crippen molar-refractivity contribution in [3.05, 3.63) is 42.5 Å². The van der Waals surface area contributed by atoms with E-state index in [4.69, 9.17) is 9.47 Å². The van der Waals surface area contributed by atoms with Crippen LogP contribution in [0.1, 0.15) is 13.3 Å². The Bertz CT molecular complexity index is 760. The van der Waals surface area contributed by atoms with E-state index in [2.05, 4.69) is 16.0 Å². The van der Waals surface area contributed by atoms with Crippen LogP contribution in [0.5, 0.6) is 11.5 Å². The fourth-order valence-electron chi connectivity index (χ4n) is 2.33. The Labute approximate surface area is 152 Å². The van der Waals surface area contributed by atoms with Gasteiger partial charge in [0, 0.05) is 43.0 Å². The summed E-state index contributed by atoms with van der Waals surface area (Å²) in [5, 5.41) is 8.66. The summed E-state index contributed by atoms with van der Waals surface area (Å²) in [6.45, 7) is 1.92. The second-order valence-corrected chi connectivity index (χ2v) is 5.55. The maximum atomic E-state index is 12.0. The average molecular weight is 357 g/mol. The molecule has 0 radical (unpaired) electrons. The molecule has 0 spiro atoms. The normalized spacial score (nSPS) is 9.96. The highest BCUT2D eigenvalue weighted by molar-refractivity contribution is 5.92. The first-order valence-corrected chi connectivity index (χ1v) is 8.15. The summed E-state index contributed by atoms with van der Waals surface area (Å²) in [4.78, 5) is 23.0. The van der Waals surface area contributed by atoms with E-state index in [1.165, 1.54) is 6.92 Å². The molecule has 0 aliphatic heterocycles. The maximum absolute atomic E-state index is 12.0. The molecule has 2 aromatic rings. The molecule has 7 heteroatoms. The van der Waals surface area contributed by atoms with Crippen molar-refractivity contribution in [1.82, 2.24) is 0 Å². The van der Waals surface area contributed by atoms with E-state index in [1.54, 1.807) is 44.6 Å². The minimum atomic E-state index is -0.136. The Balaban J connectivity index is 1.81. The van der Waals surface area contributed by atoms with E-state index in [0.29, 0.717) is 35.8 Å². The summed E-state index contributed by atoms with van der Waals surface area (Å²) < 4.78 is 10.4. The number of benzene rings is 2. The van der Waals surface area contributed by atoms with Crippen molar-refractivity contribution in [2.45, 2.75) is 13.3 Å². The highest BCUT2D eigenvalue weighted by Crippen LogP contribution is 2.29. The van der Waals surface area contributed by atoms with Gasteiger partial charge in [0.25, 0.3) is 0 Å². The topological polar surface area (TPSA) is 88.7 Å². The Morgan fingerprint density at radius 1 is 0.846 bits per heavy atom. The average Bonchev–Trinajstić information content (AvgIpc) is 2.62. The van der Waals surface area contributed by atoms with Gasteiger partial charge in [-0.15, -0.1) is 0 Å². The van der Waals surface area contributed by atoms with Crippen LogP contribution in [0.3, 0.4) is 0 Å². The number of carbonyl (C=O) groups is 2. The minimum Gasteiger partial charge on any atom is -0.493 e. The summed E-state index contributed by atoms with van der Waals surface area (Å²) in [5.74, 6) is 1.04. The molecule has 0 heterocycles. The van der Waals surface area contributed by atoms with E-state index >= 15 is 0 Å². The van der Waals surface area contributed by atoms with Gasteiger partial charge in [0.05, 0.1) is 14.2 Å². The zero-order valence-electron chi connectivity index (χ0n) is 15.1. The zero-order chi connectivity index (χ0) is 18.9. The first kappa shape index (κ1) is 19.1. The number of amides is 2. The number of carbonyl (C=O) groups excluding carboxylic acids is 2. The fourth-order valence-corrected chi connectivity index (χ4v) is 2.33. The van der Waals surface area contributed by atoms with Crippen molar-refractivity contribution < 1.29 is 19.1 Å². The van der Waals surface area contributed by atoms with Crippen molar-refractivity contribution in [2.75, 3.05) is 36.7 Å². The monoisotopic (exact) mass is 357 g/mol. The van der Waals surface area contributed by atoms with Crippen LogP contribution in [0.25, 0.3) is 0 Å². The van der Waals surface area contributed by atoms with Gasteiger partial charge < -0.3 is 25.4 Å². The molecule has 0 atom stereocenters. The van der Waals surface area contributed by atoms with E-state index in [-0.39, 0.29) is 11.8 Å². The summed E-state index contributed by atoms with van der Waals surface area (Å²) in [6, 6.07) is 12.4. The molecule has 0 unspecified atom stereocenters. The van der Waals surface area contributed by atoms with Gasteiger partial charge in [-0.1, -0.05) is 0 Å². The van der Waals surface area contributed by atoms with Crippen molar-refractivity contribution in [3.8, 4) is 11.5 Å². The highest BCUT2D eigenvalue weighted by Gasteiger charge is 2.06. The zero-order valence-corrected chi connectivity index (χ0v) is 15.1. The van der Waals surface area contributed by atoms with E-state index in [9.17, 15) is 9.59 Å². The molecule has 7 nitrogen and oxygen atoms in total. The van der Waals surface area contributed by atoms with Crippen LogP contribution in [0, 0.1) is 0 Å². The molecular formula is C19H23N3O4. The Hall–Kier alpha value is -3.22. The van der Waals surface area contributed by atoms with Gasteiger partial charge in [-0.05, 0) is 36.4 Å². The molecule has 138 valence electrons. The summed E-state index contributed by atoms with van der Waals surface area (Å²) in [6.07, 6.45) is 0.307. The molecule has 26 heavy (non-hydrogen) atoms. The van der Waals surface area contributed by atoms with Crippen LogP contribution in [0.4, 0.5) is 17.1 Å². The van der Waals surface area contributed by atoms with Crippen LogP contribution in [-0.2, 0) is 9.59 Å². The first-order valence-electron chi connectivity index (χ1n) is 8.15. The maximum Gasteiger partial charge on any atom is 0.226 e. The summed E-state index contributed by atoms with van der Waals surface area (Å²) >= 11 is 0. The quantitative estimate of drug-likeness (QED) is 0.676. The number of hydrogen-bond donors (Lipinski definition) is 3. The van der Waals surface area contributed by atoms with E-state index < -0.39 is 0 Å². The van der Waals surface area contributed by atoms with Crippen molar-refractivity contribution in [3.63, 3.8) is 0 Å². The molecule has 0 aromatic heterocycles. The van der Waals surface area contributed by atoms with Gasteiger partial charge in [0.2, 0.25) is 11.8 Å². The SMILES string of the molecule is COc1ccc(NCCC(=O)Nc2ccc(NC(C)=O)cc2)cc1OC. The Morgan fingerprint density at radius 3 is 2.00 bits per heavy atom. The highest BCUT2D eigenvalue weighted by atomic mass is 16.5. The lowest BCUT2D eigenvalue weighted by atomic mass is 10.2.